The molecule has 0 fully saturated rings. The molecule has 15 heavy (non-hydrogen) atoms. The molecule has 0 aliphatic rings. The predicted octanol–water partition coefficient (Wildman–Crippen LogP) is 2.28. The summed E-state index contributed by atoms with van der Waals surface area (Å²) in [7, 11) is 0. The summed E-state index contributed by atoms with van der Waals surface area (Å²) < 4.78 is 5.52. The van der Waals surface area contributed by atoms with E-state index in [0.717, 1.165) is 23.3 Å². The molecule has 0 amide bonds. The first-order valence-electron chi connectivity index (χ1n) is 5.00. The molecule has 2 nitrogen and oxygen atoms in total. The van der Waals surface area contributed by atoms with Gasteiger partial charge in [0.15, 0.2) is 0 Å². The van der Waals surface area contributed by atoms with Crippen molar-refractivity contribution in [1.82, 2.24) is 0 Å². The Labute approximate surface area is 90.9 Å². The van der Waals surface area contributed by atoms with Crippen LogP contribution in [0.15, 0.2) is 18.2 Å². The molecule has 1 aromatic rings. The number of hydrogen-bond donors (Lipinski definition) is 1. The molecule has 0 saturated carbocycles. The van der Waals surface area contributed by atoms with Crippen molar-refractivity contribution >= 4 is 0 Å². The van der Waals surface area contributed by atoms with E-state index in [4.69, 9.17) is 9.84 Å². The molecule has 0 radical (unpaired) electrons. The molecular formula is C13H16O2. The fraction of sp³-hybridized carbons (Fsp3) is 0.385. The number of hydrogen-bond acceptors (Lipinski definition) is 2. The topological polar surface area (TPSA) is 29.5 Å². The molecule has 0 aliphatic carbocycles. The van der Waals surface area contributed by atoms with Gasteiger partial charge in [0.05, 0.1) is 13.2 Å². The van der Waals surface area contributed by atoms with Gasteiger partial charge in [0.25, 0.3) is 0 Å². The van der Waals surface area contributed by atoms with Gasteiger partial charge in [-0.3, -0.25) is 0 Å². The van der Waals surface area contributed by atoms with Crippen LogP contribution in [0.3, 0.4) is 0 Å². The van der Waals surface area contributed by atoms with Crippen molar-refractivity contribution in [3.05, 3.63) is 29.3 Å². The van der Waals surface area contributed by atoms with Crippen LogP contribution in [0, 0.1) is 18.8 Å². The lowest BCUT2D eigenvalue weighted by atomic mass is 10.1. The standard InChI is InChI=1S/C13H16O2/c1-3-4-5-8-15-13-7-6-11(2)9-12(13)10-14/h6-7,9,14H,5,8,10H2,1-2H3. The minimum absolute atomic E-state index is 0.0104. The molecular weight excluding hydrogens is 188 g/mol. The van der Waals surface area contributed by atoms with Gasteiger partial charge in [0, 0.05) is 12.0 Å². The van der Waals surface area contributed by atoms with Gasteiger partial charge >= 0.3 is 0 Å². The molecule has 0 saturated heterocycles. The summed E-state index contributed by atoms with van der Waals surface area (Å²) in [6.45, 7) is 4.38. The summed E-state index contributed by atoms with van der Waals surface area (Å²) in [6, 6.07) is 5.79. The molecule has 0 heterocycles. The van der Waals surface area contributed by atoms with Gasteiger partial charge in [0.2, 0.25) is 0 Å². The Morgan fingerprint density at radius 3 is 2.87 bits per heavy atom. The highest BCUT2D eigenvalue weighted by atomic mass is 16.5. The maximum absolute atomic E-state index is 9.14. The Balaban J connectivity index is 2.62. The average molecular weight is 204 g/mol. The zero-order valence-electron chi connectivity index (χ0n) is 9.21. The monoisotopic (exact) mass is 204 g/mol. The van der Waals surface area contributed by atoms with Gasteiger partial charge in [0.1, 0.15) is 5.75 Å². The van der Waals surface area contributed by atoms with Crippen molar-refractivity contribution in [3.8, 4) is 17.6 Å². The minimum atomic E-state index is 0.0104. The van der Waals surface area contributed by atoms with Crippen LogP contribution in [-0.2, 0) is 6.61 Å². The second kappa shape index (κ2) is 6.10. The highest BCUT2D eigenvalue weighted by molar-refractivity contribution is 5.36. The van der Waals surface area contributed by atoms with E-state index in [1.807, 2.05) is 32.0 Å². The summed E-state index contributed by atoms with van der Waals surface area (Å²) in [5.41, 5.74) is 1.96. The smallest absolute Gasteiger partial charge is 0.124 e. The number of aryl methyl sites for hydroxylation is 1. The highest BCUT2D eigenvalue weighted by Gasteiger charge is 2.02. The molecule has 1 rings (SSSR count). The highest BCUT2D eigenvalue weighted by Crippen LogP contribution is 2.19. The van der Waals surface area contributed by atoms with Gasteiger partial charge in [-0.15, -0.1) is 11.8 Å². The van der Waals surface area contributed by atoms with Crippen LogP contribution in [0.4, 0.5) is 0 Å². The lowest BCUT2D eigenvalue weighted by Crippen LogP contribution is -1.99. The zero-order valence-corrected chi connectivity index (χ0v) is 9.21. The minimum Gasteiger partial charge on any atom is -0.492 e. The Morgan fingerprint density at radius 1 is 1.40 bits per heavy atom. The first-order valence-corrected chi connectivity index (χ1v) is 5.00. The Kier molecular flexibility index (Phi) is 4.73. The molecule has 0 bridgehead atoms. The van der Waals surface area contributed by atoms with Gasteiger partial charge in [-0.2, -0.15) is 0 Å². The second-order valence-electron chi connectivity index (χ2n) is 3.29. The zero-order chi connectivity index (χ0) is 11.1. The molecule has 1 N–H and O–H groups in total. The van der Waals surface area contributed by atoms with Crippen LogP contribution in [0.1, 0.15) is 24.5 Å². The van der Waals surface area contributed by atoms with Crippen molar-refractivity contribution in [2.45, 2.75) is 26.9 Å². The second-order valence-corrected chi connectivity index (χ2v) is 3.29. The SMILES string of the molecule is CC#CCCOc1ccc(C)cc1CO. The van der Waals surface area contributed by atoms with E-state index in [2.05, 4.69) is 11.8 Å². The molecule has 0 aromatic heterocycles. The van der Waals surface area contributed by atoms with Crippen LogP contribution in [0.5, 0.6) is 5.75 Å². The number of ether oxygens (including phenoxy) is 1. The summed E-state index contributed by atoms with van der Waals surface area (Å²) in [5, 5.41) is 9.14. The van der Waals surface area contributed by atoms with Crippen molar-refractivity contribution in [2.24, 2.45) is 0 Å². The summed E-state index contributed by atoms with van der Waals surface area (Å²) in [4.78, 5) is 0. The number of aliphatic hydroxyl groups excluding tert-OH is 1. The van der Waals surface area contributed by atoms with Gasteiger partial charge < -0.3 is 9.84 Å². The molecule has 0 unspecified atom stereocenters. The third-order valence-corrected chi connectivity index (χ3v) is 2.05. The maximum atomic E-state index is 9.14. The van der Waals surface area contributed by atoms with E-state index < -0.39 is 0 Å². The molecule has 0 atom stereocenters. The fourth-order valence-electron chi connectivity index (χ4n) is 1.31. The molecule has 0 aliphatic heterocycles. The van der Waals surface area contributed by atoms with E-state index in [1.54, 1.807) is 0 Å². The van der Waals surface area contributed by atoms with Crippen molar-refractivity contribution in [3.63, 3.8) is 0 Å². The van der Waals surface area contributed by atoms with E-state index in [1.165, 1.54) is 0 Å². The molecule has 1 aromatic carbocycles. The van der Waals surface area contributed by atoms with Gasteiger partial charge in [-0.1, -0.05) is 17.7 Å². The Hall–Kier alpha value is -1.46. The lowest BCUT2D eigenvalue weighted by Gasteiger charge is -2.09. The van der Waals surface area contributed by atoms with Crippen molar-refractivity contribution in [2.75, 3.05) is 6.61 Å². The van der Waals surface area contributed by atoms with E-state index in [-0.39, 0.29) is 6.61 Å². The molecule has 80 valence electrons. The van der Waals surface area contributed by atoms with Gasteiger partial charge in [-0.25, -0.2) is 0 Å². The van der Waals surface area contributed by atoms with Crippen molar-refractivity contribution < 1.29 is 9.84 Å². The summed E-state index contributed by atoms with van der Waals surface area (Å²) in [5.74, 6) is 6.49. The van der Waals surface area contributed by atoms with Crippen LogP contribution in [-0.4, -0.2) is 11.7 Å². The van der Waals surface area contributed by atoms with Crippen LogP contribution < -0.4 is 4.74 Å². The third kappa shape index (κ3) is 3.65. The van der Waals surface area contributed by atoms with Crippen LogP contribution in [0.25, 0.3) is 0 Å². The fourth-order valence-corrected chi connectivity index (χ4v) is 1.31. The number of aliphatic hydroxyl groups is 1. The average Bonchev–Trinajstić information content (AvgIpc) is 2.26. The quantitative estimate of drug-likeness (QED) is 0.602. The van der Waals surface area contributed by atoms with Crippen LogP contribution >= 0.6 is 0 Å². The first-order chi connectivity index (χ1) is 7.27. The van der Waals surface area contributed by atoms with Gasteiger partial charge in [-0.05, 0) is 19.9 Å². The largest absolute Gasteiger partial charge is 0.492 e. The summed E-state index contributed by atoms with van der Waals surface area (Å²) in [6.07, 6.45) is 0.718. The summed E-state index contributed by atoms with van der Waals surface area (Å²) >= 11 is 0. The molecule has 0 spiro atoms. The van der Waals surface area contributed by atoms with Crippen molar-refractivity contribution in [1.29, 1.82) is 0 Å². The third-order valence-electron chi connectivity index (χ3n) is 2.05. The molecule has 2 heteroatoms. The lowest BCUT2D eigenvalue weighted by molar-refractivity contribution is 0.264. The van der Waals surface area contributed by atoms with E-state index in [9.17, 15) is 0 Å². The number of benzene rings is 1. The predicted molar refractivity (Wildman–Crippen MR) is 60.7 cm³/mol. The Bertz CT molecular complexity index is 372. The van der Waals surface area contributed by atoms with Crippen LogP contribution in [0.2, 0.25) is 0 Å². The van der Waals surface area contributed by atoms with E-state index >= 15 is 0 Å². The maximum Gasteiger partial charge on any atom is 0.124 e. The number of rotatable bonds is 4. The normalized spacial score (nSPS) is 9.27. The van der Waals surface area contributed by atoms with E-state index in [0.29, 0.717) is 6.61 Å². The Morgan fingerprint density at radius 2 is 2.20 bits per heavy atom. The first kappa shape index (κ1) is 11.6.